The summed E-state index contributed by atoms with van der Waals surface area (Å²) in [6, 6.07) is 18.6. The standard InChI is InChI=1S/C23H21FN2O4/c1-15(23(29)26-19-11-9-18(24)10-12-19)30-22(28)14-25-21(27)13-17-7-4-6-16-5-2-3-8-20(16)17/h2-12,15H,13-14H2,1H3,(H,25,27)(H,26,29)/t15-/m1/s1. The van der Waals surface area contributed by atoms with Crippen molar-refractivity contribution in [2.75, 3.05) is 11.9 Å². The van der Waals surface area contributed by atoms with Crippen LogP contribution >= 0.6 is 0 Å². The van der Waals surface area contributed by atoms with E-state index in [-0.39, 0.29) is 18.9 Å². The first kappa shape index (κ1) is 21.0. The van der Waals surface area contributed by atoms with Gasteiger partial charge in [0, 0.05) is 5.69 Å². The van der Waals surface area contributed by atoms with Gasteiger partial charge in [-0.05, 0) is 47.5 Å². The van der Waals surface area contributed by atoms with Crippen LogP contribution in [-0.4, -0.2) is 30.4 Å². The monoisotopic (exact) mass is 408 g/mol. The van der Waals surface area contributed by atoms with Crippen molar-refractivity contribution in [3.05, 3.63) is 78.1 Å². The zero-order chi connectivity index (χ0) is 21.5. The van der Waals surface area contributed by atoms with Crippen LogP contribution < -0.4 is 10.6 Å². The summed E-state index contributed by atoms with van der Waals surface area (Å²) in [5.74, 6) is -2.04. The predicted octanol–water partition coefficient (Wildman–Crippen LogP) is 3.21. The van der Waals surface area contributed by atoms with Gasteiger partial charge in [0.2, 0.25) is 5.91 Å². The molecule has 2 N–H and O–H groups in total. The van der Waals surface area contributed by atoms with Crippen LogP contribution in [0.5, 0.6) is 0 Å². The maximum absolute atomic E-state index is 12.9. The number of hydrogen-bond donors (Lipinski definition) is 2. The molecule has 0 aromatic heterocycles. The van der Waals surface area contributed by atoms with Crippen LogP contribution in [0.2, 0.25) is 0 Å². The molecule has 0 spiro atoms. The van der Waals surface area contributed by atoms with Gasteiger partial charge in [0.15, 0.2) is 6.10 Å². The van der Waals surface area contributed by atoms with Gasteiger partial charge in [0.1, 0.15) is 12.4 Å². The van der Waals surface area contributed by atoms with E-state index in [0.29, 0.717) is 5.69 Å². The second kappa shape index (κ2) is 9.65. The van der Waals surface area contributed by atoms with Crippen molar-refractivity contribution in [3.63, 3.8) is 0 Å². The number of fused-ring (bicyclic) bond motifs is 1. The molecular weight excluding hydrogens is 387 g/mol. The van der Waals surface area contributed by atoms with E-state index >= 15 is 0 Å². The second-order valence-corrected chi connectivity index (χ2v) is 6.72. The van der Waals surface area contributed by atoms with Gasteiger partial charge in [-0.3, -0.25) is 14.4 Å². The van der Waals surface area contributed by atoms with Crippen LogP contribution in [0, 0.1) is 5.82 Å². The van der Waals surface area contributed by atoms with Crippen LogP contribution in [0.3, 0.4) is 0 Å². The average molecular weight is 408 g/mol. The summed E-state index contributed by atoms with van der Waals surface area (Å²) in [7, 11) is 0. The number of anilines is 1. The maximum Gasteiger partial charge on any atom is 0.326 e. The van der Waals surface area contributed by atoms with Gasteiger partial charge in [0.05, 0.1) is 6.42 Å². The van der Waals surface area contributed by atoms with Crippen molar-refractivity contribution in [2.24, 2.45) is 0 Å². The van der Waals surface area contributed by atoms with Gasteiger partial charge in [-0.25, -0.2) is 4.39 Å². The lowest BCUT2D eigenvalue weighted by Gasteiger charge is -2.14. The molecule has 6 nitrogen and oxygen atoms in total. The van der Waals surface area contributed by atoms with E-state index in [1.807, 2.05) is 42.5 Å². The molecule has 0 aliphatic carbocycles. The van der Waals surface area contributed by atoms with Crippen LogP contribution in [0.4, 0.5) is 10.1 Å². The third kappa shape index (κ3) is 5.64. The Kier molecular flexibility index (Phi) is 6.75. The largest absolute Gasteiger partial charge is 0.451 e. The minimum Gasteiger partial charge on any atom is -0.451 e. The van der Waals surface area contributed by atoms with Crippen LogP contribution in [-0.2, 0) is 25.5 Å². The molecule has 0 bridgehead atoms. The van der Waals surface area contributed by atoms with Crippen LogP contribution in [0.15, 0.2) is 66.7 Å². The number of hydrogen-bond acceptors (Lipinski definition) is 4. The fourth-order valence-corrected chi connectivity index (χ4v) is 2.92. The van der Waals surface area contributed by atoms with Gasteiger partial charge < -0.3 is 15.4 Å². The van der Waals surface area contributed by atoms with Crippen molar-refractivity contribution in [2.45, 2.75) is 19.4 Å². The van der Waals surface area contributed by atoms with E-state index in [0.717, 1.165) is 16.3 Å². The highest BCUT2D eigenvalue weighted by Crippen LogP contribution is 2.18. The smallest absolute Gasteiger partial charge is 0.326 e. The molecule has 0 unspecified atom stereocenters. The lowest BCUT2D eigenvalue weighted by Crippen LogP contribution is -2.36. The van der Waals surface area contributed by atoms with Crippen LogP contribution in [0.25, 0.3) is 10.8 Å². The summed E-state index contributed by atoms with van der Waals surface area (Å²) < 4.78 is 17.9. The SMILES string of the molecule is C[C@@H](OC(=O)CNC(=O)Cc1cccc2ccccc12)C(=O)Nc1ccc(F)cc1. The molecule has 3 rings (SSSR count). The first-order valence-electron chi connectivity index (χ1n) is 9.41. The highest BCUT2D eigenvalue weighted by Gasteiger charge is 2.18. The molecular formula is C23H21FN2O4. The minimum absolute atomic E-state index is 0.120. The molecule has 0 aliphatic heterocycles. The highest BCUT2D eigenvalue weighted by molar-refractivity contribution is 5.95. The Morgan fingerprint density at radius 3 is 2.43 bits per heavy atom. The number of carbonyl (C=O) groups is 3. The number of rotatable bonds is 7. The van der Waals surface area contributed by atoms with Crippen molar-refractivity contribution >= 4 is 34.2 Å². The molecule has 0 radical (unpaired) electrons. The van der Waals surface area contributed by atoms with Gasteiger partial charge in [-0.1, -0.05) is 42.5 Å². The Balaban J connectivity index is 1.47. The molecule has 2 amide bonds. The fourth-order valence-electron chi connectivity index (χ4n) is 2.92. The van der Waals surface area contributed by atoms with E-state index < -0.39 is 23.8 Å². The number of nitrogens with one attached hydrogen (secondary N) is 2. The molecule has 0 saturated heterocycles. The molecule has 3 aromatic rings. The summed E-state index contributed by atoms with van der Waals surface area (Å²) in [5.41, 5.74) is 1.23. The van der Waals surface area contributed by atoms with Gasteiger partial charge >= 0.3 is 5.97 Å². The number of carbonyl (C=O) groups excluding carboxylic acids is 3. The zero-order valence-corrected chi connectivity index (χ0v) is 16.4. The molecule has 154 valence electrons. The van der Waals surface area contributed by atoms with Gasteiger partial charge in [-0.2, -0.15) is 0 Å². The van der Waals surface area contributed by atoms with Crippen molar-refractivity contribution in [1.29, 1.82) is 0 Å². The number of esters is 1. The topological polar surface area (TPSA) is 84.5 Å². The molecule has 1 atom stereocenters. The Morgan fingerprint density at radius 1 is 0.967 bits per heavy atom. The highest BCUT2D eigenvalue weighted by atomic mass is 19.1. The number of ether oxygens (including phenoxy) is 1. The van der Waals surface area contributed by atoms with Crippen molar-refractivity contribution in [1.82, 2.24) is 5.32 Å². The summed E-state index contributed by atoms with van der Waals surface area (Å²) in [5, 5.41) is 7.03. The normalized spacial score (nSPS) is 11.5. The summed E-state index contributed by atoms with van der Waals surface area (Å²) >= 11 is 0. The van der Waals surface area contributed by atoms with Crippen molar-refractivity contribution in [3.8, 4) is 0 Å². The molecule has 3 aromatic carbocycles. The Morgan fingerprint density at radius 2 is 1.67 bits per heavy atom. The van der Waals surface area contributed by atoms with E-state index in [4.69, 9.17) is 4.74 Å². The van der Waals surface area contributed by atoms with E-state index in [1.54, 1.807) is 0 Å². The third-order valence-corrected chi connectivity index (χ3v) is 4.45. The second-order valence-electron chi connectivity index (χ2n) is 6.72. The van der Waals surface area contributed by atoms with E-state index in [9.17, 15) is 18.8 Å². The zero-order valence-electron chi connectivity index (χ0n) is 16.4. The predicted molar refractivity (Wildman–Crippen MR) is 111 cm³/mol. The first-order chi connectivity index (χ1) is 14.4. The van der Waals surface area contributed by atoms with E-state index in [1.165, 1.54) is 31.2 Å². The Labute approximate surface area is 173 Å². The molecule has 0 saturated carbocycles. The first-order valence-corrected chi connectivity index (χ1v) is 9.41. The number of benzene rings is 3. The molecule has 30 heavy (non-hydrogen) atoms. The van der Waals surface area contributed by atoms with Gasteiger partial charge in [-0.15, -0.1) is 0 Å². The number of amides is 2. The maximum atomic E-state index is 12.9. The lowest BCUT2D eigenvalue weighted by atomic mass is 10.0. The summed E-state index contributed by atoms with van der Waals surface area (Å²) in [6.07, 6.45) is -0.951. The number of halogens is 1. The molecule has 0 fully saturated rings. The summed E-state index contributed by atoms with van der Waals surface area (Å²) in [4.78, 5) is 36.2. The lowest BCUT2D eigenvalue weighted by molar-refractivity contribution is -0.152. The van der Waals surface area contributed by atoms with Gasteiger partial charge in [0.25, 0.3) is 5.91 Å². The summed E-state index contributed by atoms with van der Waals surface area (Å²) in [6.45, 7) is 1.06. The average Bonchev–Trinajstić information content (AvgIpc) is 2.74. The quantitative estimate of drug-likeness (QED) is 0.588. The molecule has 0 aliphatic rings. The molecule has 7 heteroatoms. The Hall–Kier alpha value is -3.74. The third-order valence-electron chi connectivity index (χ3n) is 4.45. The fraction of sp³-hybridized carbons (Fsp3) is 0.174. The van der Waals surface area contributed by atoms with E-state index in [2.05, 4.69) is 10.6 Å². The van der Waals surface area contributed by atoms with Crippen molar-refractivity contribution < 1.29 is 23.5 Å². The minimum atomic E-state index is -1.07. The Bertz CT molecular complexity index is 1060. The van der Waals surface area contributed by atoms with Crippen LogP contribution in [0.1, 0.15) is 12.5 Å². The molecule has 0 heterocycles.